The molecule has 5 aliphatic carbocycles. The van der Waals surface area contributed by atoms with Gasteiger partial charge in [-0.05, 0) is 115 Å². The lowest BCUT2D eigenvalue weighted by atomic mass is 9.33. The van der Waals surface area contributed by atoms with Crippen molar-refractivity contribution < 1.29 is 9.53 Å². The summed E-state index contributed by atoms with van der Waals surface area (Å²) in [5, 5.41) is 0. The molecule has 0 N–H and O–H groups in total. The van der Waals surface area contributed by atoms with Crippen molar-refractivity contribution in [1.82, 2.24) is 0 Å². The molecule has 42 heavy (non-hydrogen) atoms. The van der Waals surface area contributed by atoms with Crippen molar-refractivity contribution in [2.75, 3.05) is 0 Å². The Bertz CT molecular complexity index is 1010. The summed E-state index contributed by atoms with van der Waals surface area (Å²) >= 11 is 0. The second-order valence-electron chi connectivity index (χ2n) is 18.0. The summed E-state index contributed by atoms with van der Waals surface area (Å²) in [7, 11) is 0. The van der Waals surface area contributed by atoms with E-state index in [1.165, 1.54) is 89.9 Å². The molecule has 0 heterocycles. The van der Waals surface area contributed by atoms with E-state index in [1.807, 2.05) is 5.57 Å². The number of hydrogen-bond acceptors (Lipinski definition) is 2. The monoisotopic (exact) mass is 581 g/mol. The molecule has 2 nitrogen and oxygen atoms in total. The molecule has 2 heteroatoms. The first-order valence-corrected chi connectivity index (χ1v) is 18.6. The van der Waals surface area contributed by atoms with E-state index in [9.17, 15) is 4.79 Å². The lowest BCUT2D eigenvalue weighted by Gasteiger charge is -2.71. The van der Waals surface area contributed by atoms with Gasteiger partial charge in [0.1, 0.15) is 6.10 Å². The Morgan fingerprint density at radius 3 is 2.21 bits per heavy atom. The molecule has 5 rings (SSSR count). The number of rotatable bonds is 9. The summed E-state index contributed by atoms with van der Waals surface area (Å²) in [6.45, 7) is 23.0. The van der Waals surface area contributed by atoms with Gasteiger partial charge in [0.15, 0.2) is 0 Å². The summed E-state index contributed by atoms with van der Waals surface area (Å²) in [6.07, 6.45) is 24.0. The third-order valence-electron chi connectivity index (χ3n) is 15.6. The molecule has 0 saturated heterocycles. The quantitative estimate of drug-likeness (QED) is 0.154. The molecule has 10 atom stereocenters. The predicted octanol–water partition coefficient (Wildman–Crippen LogP) is 11.7. The third kappa shape index (κ3) is 5.17. The van der Waals surface area contributed by atoms with E-state index in [0.717, 1.165) is 36.5 Å². The van der Waals surface area contributed by atoms with Crippen molar-refractivity contribution in [1.29, 1.82) is 0 Å². The molecular weight excluding hydrogens is 512 g/mol. The van der Waals surface area contributed by atoms with Gasteiger partial charge in [-0.3, -0.25) is 4.79 Å². The van der Waals surface area contributed by atoms with Gasteiger partial charge in [0.25, 0.3) is 0 Å². The highest BCUT2D eigenvalue weighted by atomic mass is 16.5. The van der Waals surface area contributed by atoms with E-state index in [2.05, 4.69) is 68.4 Å². The molecule has 0 radical (unpaired) electrons. The normalized spacial score (nSPS) is 46.0. The van der Waals surface area contributed by atoms with Crippen LogP contribution in [0.3, 0.4) is 0 Å². The molecule has 0 amide bonds. The lowest BCUT2D eigenvalue weighted by molar-refractivity contribution is -0.213. The van der Waals surface area contributed by atoms with Crippen LogP contribution in [0.4, 0.5) is 0 Å². The second-order valence-corrected chi connectivity index (χ2v) is 18.0. The Balaban J connectivity index is 1.30. The molecule has 0 spiro atoms. The largest absolute Gasteiger partial charge is 0.462 e. The van der Waals surface area contributed by atoms with Crippen LogP contribution in [0.2, 0.25) is 0 Å². The van der Waals surface area contributed by atoms with Crippen LogP contribution in [0.25, 0.3) is 0 Å². The Morgan fingerprint density at radius 2 is 1.50 bits per heavy atom. The maximum Gasteiger partial charge on any atom is 0.306 e. The molecule has 0 bridgehead atoms. The zero-order chi connectivity index (χ0) is 30.6. The average molecular weight is 581 g/mol. The zero-order valence-corrected chi connectivity index (χ0v) is 29.4. The van der Waals surface area contributed by atoms with Crippen LogP contribution in [-0.2, 0) is 9.53 Å². The van der Waals surface area contributed by atoms with E-state index in [4.69, 9.17) is 4.74 Å². The van der Waals surface area contributed by atoms with Crippen molar-refractivity contribution >= 4 is 5.97 Å². The summed E-state index contributed by atoms with van der Waals surface area (Å²) in [5.74, 6) is 3.81. The number of esters is 1. The number of carbonyl (C=O) groups excluding carboxylic acids is 1. The fourth-order valence-electron chi connectivity index (χ4n) is 12.5. The van der Waals surface area contributed by atoms with Gasteiger partial charge in [-0.1, -0.05) is 112 Å². The van der Waals surface area contributed by atoms with Crippen LogP contribution in [-0.4, -0.2) is 12.1 Å². The van der Waals surface area contributed by atoms with Gasteiger partial charge < -0.3 is 4.74 Å². The first-order valence-electron chi connectivity index (χ1n) is 18.6. The third-order valence-corrected chi connectivity index (χ3v) is 15.6. The van der Waals surface area contributed by atoms with Crippen molar-refractivity contribution in [2.45, 2.75) is 178 Å². The minimum atomic E-state index is 0.0352. The molecule has 4 saturated carbocycles. The number of fused-ring (bicyclic) bond motifs is 7. The molecular formula is C40H68O2. The smallest absolute Gasteiger partial charge is 0.306 e. The number of carbonyl (C=O) groups is 1. The Labute approximate surface area is 261 Å². The lowest BCUT2D eigenvalue weighted by Crippen LogP contribution is -2.65. The first-order chi connectivity index (χ1) is 19.7. The van der Waals surface area contributed by atoms with Crippen molar-refractivity contribution in [2.24, 2.45) is 56.7 Å². The van der Waals surface area contributed by atoms with E-state index < -0.39 is 0 Å². The Kier molecular flexibility index (Phi) is 9.20. The molecule has 240 valence electrons. The van der Waals surface area contributed by atoms with Crippen LogP contribution in [0.5, 0.6) is 0 Å². The standard InChI is InChI=1S/C40H68O2/c1-10-11-12-13-14-15-16-17-34(41)42-33-22-24-38(7)31(36(33,4)5)21-25-40(9)32(38)19-18-30-35-29(3)28(2)20-23-37(35,6)26-27-39(30,40)8/h18,28-29,31-33,35H,10-17,19-27H2,1-9H3. The Hall–Kier alpha value is -0.790. The summed E-state index contributed by atoms with van der Waals surface area (Å²) < 4.78 is 6.35. The molecule has 0 aliphatic heterocycles. The van der Waals surface area contributed by atoms with Crippen LogP contribution in [0.1, 0.15) is 171 Å². The van der Waals surface area contributed by atoms with Gasteiger partial charge in [-0.2, -0.15) is 0 Å². The van der Waals surface area contributed by atoms with Crippen LogP contribution >= 0.6 is 0 Å². The maximum absolute atomic E-state index is 13.0. The summed E-state index contributed by atoms with van der Waals surface area (Å²) in [6, 6.07) is 0. The molecule has 0 aromatic carbocycles. The van der Waals surface area contributed by atoms with Crippen LogP contribution in [0.15, 0.2) is 11.6 Å². The highest BCUT2D eigenvalue weighted by molar-refractivity contribution is 5.69. The van der Waals surface area contributed by atoms with Crippen molar-refractivity contribution in [3.05, 3.63) is 11.6 Å². The second kappa shape index (κ2) is 11.9. The Morgan fingerprint density at radius 1 is 0.810 bits per heavy atom. The van der Waals surface area contributed by atoms with Gasteiger partial charge in [-0.25, -0.2) is 0 Å². The summed E-state index contributed by atoms with van der Waals surface area (Å²) in [5.41, 5.74) is 3.41. The summed E-state index contributed by atoms with van der Waals surface area (Å²) in [4.78, 5) is 13.0. The van der Waals surface area contributed by atoms with Gasteiger partial charge in [-0.15, -0.1) is 0 Å². The van der Waals surface area contributed by atoms with Gasteiger partial charge in [0.2, 0.25) is 0 Å². The van der Waals surface area contributed by atoms with Crippen molar-refractivity contribution in [3.8, 4) is 0 Å². The fraction of sp³-hybridized carbons (Fsp3) is 0.925. The SMILES string of the molecule is CCCCCCCCCC(=O)OC1CCC2(C)C(CCC3(C)C2CC=C2C4C(C)C(C)CCC4(C)CCC23C)C1(C)C. The number of allylic oxidation sites excluding steroid dienone is 2. The van der Waals surface area contributed by atoms with Crippen LogP contribution in [0, 0.1) is 56.7 Å². The average Bonchev–Trinajstić information content (AvgIpc) is 2.93. The molecule has 0 aromatic rings. The van der Waals surface area contributed by atoms with Crippen LogP contribution < -0.4 is 0 Å². The zero-order valence-electron chi connectivity index (χ0n) is 29.4. The van der Waals surface area contributed by atoms with Gasteiger partial charge >= 0.3 is 5.97 Å². The molecule has 10 unspecified atom stereocenters. The van der Waals surface area contributed by atoms with Crippen molar-refractivity contribution in [3.63, 3.8) is 0 Å². The minimum Gasteiger partial charge on any atom is -0.462 e. The van der Waals surface area contributed by atoms with Gasteiger partial charge in [0, 0.05) is 11.8 Å². The van der Waals surface area contributed by atoms with E-state index in [1.54, 1.807) is 0 Å². The van der Waals surface area contributed by atoms with E-state index >= 15 is 0 Å². The minimum absolute atomic E-state index is 0.0352. The fourth-order valence-corrected chi connectivity index (χ4v) is 12.5. The molecule has 0 aromatic heterocycles. The maximum atomic E-state index is 13.0. The number of ether oxygens (including phenoxy) is 1. The van der Waals surface area contributed by atoms with E-state index in [0.29, 0.717) is 34.0 Å². The highest BCUT2D eigenvalue weighted by Crippen LogP contribution is 2.75. The first kappa shape index (κ1) is 32.6. The number of unbranched alkanes of at least 4 members (excludes halogenated alkanes) is 6. The highest BCUT2D eigenvalue weighted by Gasteiger charge is 2.68. The van der Waals surface area contributed by atoms with E-state index in [-0.39, 0.29) is 17.5 Å². The van der Waals surface area contributed by atoms with Gasteiger partial charge in [0.05, 0.1) is 0 Å². The topological polar surface area (TPSA) is 26.3 Å². The number of hydrogen-bond donors (Lipinski definition) is 0. The molecule has 5 aliphatic rings. The predicted molar refractivity (Wildman–Crippen MR) is 177 cm³/mol. The molecule has 4 fully saturated rings.